The molecule has 1 aliphatic heterocycles. The van der Waals surface area contributed by atoms with Gasteiger partial charge in [-0.1, -0.05) is 12.1 Å². The van der Waals surface area contributed by atoms with Gasteiger partial charge < -0.3 is 16.0 Å². The van der Waals surface area contributed by atoms with Crippen molar-refractivity contribution >= 4 is 22.4 Å². The Kier molecular flexibility index (Phi) is 4.42. The summed E-state index contributed by atoms with van der Waals surface area (Å²) in [5.41, 5.74) is 8.84. The van der Waals surface area contributed by atoms with Crippen molar-refractivity contribution < 1.29 is 9.18 Å². The van der Waals surface area contributed by atoms with Crippen molar-refractivity contribution in [3.63, 3.8) is 0 Å². The molecule has 0 aliphatic carbocycles. The first kappa shape index (κ1) is 16.7. The summed E-state index contributed by atoms with van der Waals surface area (Å²) in [7, 11) is 0. The molecule has 0 radical (unpaired) electrons. The number of thiazole rings is 1. The number of hydrogen-bond acceptors (Lipinski definition) is 5. The van der Waals surface area contributed by atoms with Crippen LogP contribution in [0.15, 0.2) is 29.6 Å². The van der Waals surface area contributed by atoms with E-state index in [1.165, 1.54) is 23.5 Å². The molecule has 3 heterocycles. The average molecular weight is 371 g/mol. The van der Waals surface area contributed by atoms with E-state index >= 15 is 0 Å². The summed E-state index contributed by atoms with van der Waals surface area (Å²) in [5.74, 6) is 0.396. The molecule has 1 aromatic carbocycles. The molecule has 1 amide bonds. The lowest BCUT2D eigenvalue weighted by molar-refractivity contribution is 0.0950. The number of nitrogens with two attached hydrogens (primary N) is 1. The van der Waals surface area contributed by atoms with Crippen molar-refractivity contribution in [2.45, 2.75) is 25.2 Å². The molecule has 0 spiro atoms. The number of aromatic amines is 1. The van der Waals surface area contributed by atoms with Gasteiger partial charge in [-0.25, -0.2) is 14.4 Å². The van der Waals surface area contributed by atoms with E-state index in [2.05, 4.69) is 20.3 Å². The number of H-pyrrole nitrogens is 1. The largest absolute Gasteiger partial charge is 0.375 e. The Hall–Kier alpha value is -2.74. The second-order valence-electron chi connectivity index (χ2n) is 6.35. The predicted molar refractivity (Wildman–Crippen MR) is 97.7 cm³/mol. The second kappa shape index (κ2) is 6.87. The number of nitrogens with one attached hydrogen (secondary N) is 2. The molecule has 26 heavy (non-hydrogen) atoms. The molecular formula is C18H18FN5OS. The smallest absolute Gasteiger partial charge is 0.271 e. The number of carbonyl (C=O) groups excluding carboxylic acids is 1. The topological polar surface area (TPSA) is 96.7 Å². The summed E-state index contributed by atoms with van der Waals surface area (Å²) < 4.78 is 13.2. The fourth-order valence-corrected chi connectivity index (χ4v) is 3.79. The monoisotopic (exact) mass is 371 g/mol. The van der Waals surface area contributed by atoms with E-state index < -0.39 is 0 Å². The standard InChI is InChI=1S/C18H18FN5OS/c19-12-3-1-10(2-4-12)11-7-14-16(17(25)21-8-11)24-15(23-14)6-5-13-9-26-18(20)22-13/h1-4,9,11H,5-8H2,(H2,20,22)(H,21,25)(H,23,24). The Morgan fingerprint density at radius 1 is 1.23 bits per heavy atom. The molecule has 3 aromatic rings. The zero-order chi connectivity index (χ0) is 18.1. The molecule has 4 rings (SSSR count). The lowest BCUT2D eigenvalue weighted by Crippen LogP contribution is -2.26. The van der Waals surface area contributed by atoms with Gasteiger partial charge in [0.15, 0.2) is 5.13 Å². The van der Waals surface area contributed by atoms with Crippen molar-refractivity contribution in [3.05, 3.63) is 63.9 Å². The van der Waals surface area contributed by atoms with Crippen LogP contribution in [0.3, 0.4) is 0 Å². The number of amides is 1. The third-order valence-electron chi connectivity index (χ3n) is 4.53. The number of aryl methyl sites for hydroxylation is 2. The number of fused-ring (bicyclic) bond motifs is 1. The fraction of sp³-hybridized carbons (Fsp3) is 0.278. The van der Waals surface area contributed by atoms with Crippen molar-refractivity contribution in [1.82, 2.24) is 20.3 Å². The summed E-state index contributed by atoms with van der Waals surface area (Å²) in [6.07, 6.45) is 2.02. The van der Waals surface area contributed by atoms with Crippen LogP contribution in [0.25, 0.3) is 0 Å². The maximum atomic E-state index is 13.2. The van der Waals surface area contributed by atoms with Crippen LogP contribution in [0, 0.1) is 5.82 Å². The zero-order valence-electron chi connectivity index (χ0n) is 14.0. The normalized spacial score (nSPS) is 16.8. The van der Waals surface area contributed by atoms with Gasteiger partial charge >= 0.3 is 0 Å². The van der Waals surface area contributed by atoms with Crippen molar-refractivity contribution in [2.75, 3.05) is 12.3 Å². The third kappa shape index (κ3) is 3.45. The highest BCUT2D eigenvalue weighted by Gasteiger charge is 2.26. The number of hydrogen-bond donors (Lipinski definition) is 3. The first-order chi connectivity index (χ1) is 12.6. The maximum absolute atomic E-state index is 13.2. The molecule has 1 unspecified atom stereocenters. The maximum Gasteiger partial charge on any atom is 0.271 e. The number of benzene rings is 1. The molecule has 8 heteroatoms. The van der Waals surface area contributed by atoms with Crippen LogP contribution in [0.1, 0.15) is 39.2 Å². The van der Waals surface area contributed by atoms with Crippen LogP contribution in [-0.4, -0.2) is 27.4 Å². The van der Waals surface area contributed by atoms with Crippen molar-refractivity contribution in [3.8, 4) is 0 Å². The SMILES string of the molecule is Nc1nc(CCc2nc3c([nH]2)CC(c2ccc(F)cc2)CNC3=O)cs1. The number of nitrogens with zero attached hydrogens (tertiary/aromatic N) is 2. The van der Waals surface area contributed by atoms with Crippen LogP contribution < -0.4 is 11.1 Å². The first-order valence-electron chi connectivity index (χ1n) is 8.40. The lowest BCUT2D eigenvalue weighted by atomic mass is 9.94. The summed E-state index contributed by atoms with van der Waals surface area (Å²) in [6.45, 7) is 0.502. The Bertz CT molecular complexity index is 933. The fourth-order valence-electron chi connectivity index (χ4n) is 3.19. The van der Waals surface area contributed by atoms with E-state index in [1.54, 1.807) is 12.1 Å². The number of imidazole rings is 1. The molecule has 2 aromatic heterocycles. The van der Waals surface area contributed by atoms with Crippen LogP contribution >= 0.6 is 11.3 Å². The highest BCUT2D eigenvalue weighted by atomic mass is 32.1. The molecule has 134 valence electrons. The number of aromatic nitrogens is 3. The molecule has 0 saturated heterocycles. The van der Waals surface area contributed by atoms with E-state index in [0.29, 0.717) is 36.6 Å². The highest BCUT2D eigenvalue weighted by Crippen LogP contribution is 2.25. The second-order valence-corrected chi connectivity index (χ2v) is 7.24. The zero-order valence-corrected chi connectivity index (χ0v) is 14.8. The number of carbonyl (C=O) groups is 1. The van der Waals surface area contributed by atoms with Gasteiger partial charge in [-0.15, -0.1) is 11.3 Å². The van der Waals surface area contributed by atoms with Crippen LogP contribution in [0.2, 0.25) is 0 Å². The average Bonchev–Trinajstić information content (AvgIpc) is 3.20. The van der Waals surface area contributed by atoms with Crippen LogP contribution in [0.4, 0.5) is 9.52 Å². The van der Waals surface area contributed by atoms with Crippen LogP contribution in [-0.2, 0) is 19.3 Å². The van der Waals surface area contributed by atoms with Gasteiger partial charge in [0.1, 0.15) is 17.3 Å². The summed E-state index contributed by atoms with van der Waals surface area (Å²) in [5, 5.41) is 5.40. The van der Waals surface area contributed by atoms with Gasteiger partial charge in [0.2, 0.25) is 0 Å². The number of nitrogen functional groups attached to an aromatic ring is 1. The minimum absolute atomic E-state index is 0.0763. The predicted octanol–water partition coefficient (Wildman–Crippen LogP) is 2.44. The molecule has 0 bridgehead atoms. The van der Waals surface area contributed by atoms with Crippen molar-refractivity contribution in [1.29, 1.82) is 0 Å². The van der Waals surface area contributed by atoms with E-state index in [0.717, 1.165) is 22.8 Å². The molecule has 4 N–H and O–H groups in total. The molecule has 6 nitrogen and oxygen atoms in total. The highest BCUT2D eigenvalue weighted by molar-refractivity contribution is 7.13. The van der Waals surface area contributed by atoms with E-state index in [9.17, 15) is 9.18 Å². The van der Waals surface area contributed by atoms with Gasteiger partial charge in [0.05, 0.1) is 5.69 Å². The third-order valence-corrected chi connectivity index (χ3v) is 5.25. The Balaban J connectivity index is 1.53. The molecule has 0 saturated carbocycles. The summed E-state index contributed by atoms with van der Waals surface area (Å²) in [4.78, 5) is 24.4. The summed E-state index contributed by atoms with van der Waals surface area (Å²) >= 11 is 1.41. The minimum Gasteiger partial charge on any atom is -0.375 e. The first-order valence-corrected chi connectivity index (χ1v) is 9.28. The van der Waals surface area contributed by atoms with Gasteiger partial charge in [-0.05, 0) is 30.5 Å². The molecule has 0 fully saturated rings. The van der Waals surface area contributed by atoms with Gasteiger partial charge in [-0.3, -0.25) is 4.79 Å². The van der Waals surface area contributed by atoms with E-state index in [4.69, 9.17) is 5.73 Å². The number of anilines is 1. The van der Waals surface area contributed by atoms with Gasteiger partial charge in [0.25, 0.3) is 5.91 Å². The van der Waals surface area contributed by atoms with Crippen LogP contribution in [0.5, 0.6) is 0 Å². The lowest BCUT2D eigenvalue weighted by Gasteiger charge is -2.14. The molecule has 1 atom stereocenters. The van der Waals surface area contributed by atoms with E-state index in [1.807, 2.05) is 5.38 Å². The summed E-state index contributed by atoms with van der Waals surface area (Å²) in [6, 6.07) is 6.42. The quantitative estimate of drug-likeness (QED) is 0.656. The van der Waals surface area contributed by atoms with Gasteiger partial charge in [0, 0.05) is 30.0 Å². The number of halogens is 1. The number of rotatable bonds is 4. The Morgan fingerprint density at radius 2 is 2.04 bits per heavy atom. The Labute approximate surface area is 153 Å². The molecular weight excluding hydrogens is 353 g/mol. The molecule has 1 aliphatic rings. The van der Waals surface area contributed by atoms with Gasteiger partial charge in [-0.2, -0.15) is 0 Å². The van der Waals surface area contributed by atoms with Crippen molar-refractivity contribution in [2.24, 2.45) is 0 Å². The Morgan fingerprint density at radius 3 is 2.77 bits per heavy atom. The minimum atomic E-state index is -0.265. The van der Waals surface area contributed by atoms with E-state index in [-0.39, 0.29) is 17.6 Å².